The highest BCUT2D eigenvalue weighted by Crippen LogP contribution is 2.23. The number of benzene rings is 1. The zero-order chi connectivity index (χ0) is 12.3. The second-order valence-electron chi connectivity index (χ2n) is 4.00. The Kier molecular flexibility index (Phi) is 3.64. The minimum absolute atomic E-state index is 0.205. The maximum atomic E-state index is 9.74. The molecule has 2 aromatic rings. The van der Waals surface area contributed by atoms with Crippen LogP contribution in [0.3, 0.4) is 0 Å². The molecule has 1 aromatic carbocycles. The van der Waals surface area contributed by atoms with Gasteiger partial charge < -0.3 is 5.11 Å². The van der Waals surface area contributed by atoms with E-state index in [-0.39, 0.29) is 5.75 Å². The standard InChI is InChI=1S/C14H14ClNO/c1-10-14(17)12(9-15)8-13(16-10)7-11-5-3-2-4-6-11/h2-6,8,17H,7,9H2,1H3. The van der Waals surface area contributed by atoms with Gasteiger partial charge in [0.15, 0.2) is 0 Å². The van der Waals surface area contributed by atoms with Crippen LogP contribution in [-0.4, -0.2) is 10.1 Å². The van der Waals surface area contributed by atoms with Crippen LogP contribution in [0.2, 0.25) is 0 Å². The van der Waals surface area contributed by atoms with Gasteiger partial charge in [0, 0.05) is 17.7 Å². The highest BCUT2D eigenvalue weighted by molar-refractivity contribution is 6.17. The first kappa shape index (κ1) is 11.9. The molecule has 0 aliphatic heterocycles. The molecule has 17 heavy (non-hydrogen) atoms. The quantitative estimate of drug-likeness (QED) is 0.843. The molecular formula is C14H14ClNO. The van der Waals surface area contributed by atoms with Crippen molar-refractivity contribution in [1.29, 1.82) is 0 Å². The van der Waals surface area contributed by atoms with Crippen molar-refractivity contribution in [2.45, 2.75) is 19.2 Å². The van der Waals surface area contributed by atoms with Crippen LogP contribution >= 0.6 is 11.6 Å². The summed E-state index contributed by atoms with van der Waals surface area (Å²) >= 11 is 5.79. The molecule has 3 heteroatoms. The van der Waals surface area contributed by atoms with Gasteiger partial charge in [0.05, 0.1) is 11.6 Å². The fourth-order valence-corrected chi connectivity index (χ4v) is 2.00. The normalized spacial score (nSPS) is 10.5. The summed E-state index contributed by atoms with van der Waals surface area (Å²) in [6, 6.07) is 12.0. The van der Waals surface area contributed by atoms with Crippen LogP contribution in [-0.2, 0) is 12.3 Å². The third-order valence-corrected chi connectivity index (χ3v) is 2.96. The molecule has 0 atom stereocenters. The van der Waals surface area contributed by atoms with Crippen LogP contribution < -0.4 is 0 Å². The molecule has 2 rings (SSSR count). The lowest BCUT2D eigenvalue weighted by Crippen LogP contribution is -1.97. The average molecular weight is 248 g/mol. The average Bonchev–Trinajstić information content (AvgIpc) is 2.35. The highest BCUT2D eigenvalue weighted by atomic mass is 35.5. The van der Waals surface area contributed by atoms with E-state index in [0.29, 0.717) is 11.6 Å². The number of aromatic nitrogens is 1. The Morgan fingerprint density at radius 3 is 2.59 bits per heavy atom. The third kappa shape index (κ3) is 2.77. The molecule has 0 radical (unpaired) electrons. The Morgan fingerprint density at radius 1 is 1.24 bits per heavy atom. The van der Waals surface area contributed by atoms with Crippen LogP contribution in [0.15, 0.2) is 36.4 Å². The van der Waals surface area contributed by atoms with Crippen LogP contribution in [0.4, 0.5) is 0 Å². The Morgan fingerprint density at radius 2 is 1.94 bits per heavy atom. The minimum atomic E-state index is 0.205. The largest absolute Gasteiger partial charge is 0.506 e. The Balaban J connectivity index is 2.31. The monoisotopic (exact) mass is 247 g/mol. The van der Waals surface area contributed by atoms with Gasteiger partial charge >= 0.3 is 0 Å². The molecule has 0 unspecified atom stereocenters. The summed E-state index contributed by atoms with van der Waals surface area (Å²) in [5.41, 5.74) is 3.51. The van der Waals surface area contributed by atoms with Crippen molar-refractivity contribution in [3.63, 3.8) is 0 Å². The van der Waals surface area contributed by atoms with Crippen LogP contribution in [0.5, 0.6) is 5.75 Å². The van der Waals surface area contributed by atoms with Crippen molar-refractivity contribution in [1.82, 2.24) is 4.98 Å². The summed E-state index contributed by atoms with van der Waals surface area (Å²) in [6.07, 6.45) is 0.756. The first-order valence-electron chi connectivity index (χ1n) is 5.49. The molecule has 88 valence electrons. The zero-order valence-corrected chi connectivity index (χ0v) is 10.4. The Bertz CT molecular complexity index is 511. The van der Waals surface area contributed by atoms with E-state index in [1.165, 1.54) is 5.56 Å². The third-order valence-electron chi connectivity index (χ3n) is 2.67. The van der Waals surface area contributed by atoms with Crippen LogP contribution in [0.25, 0.3) is 0 Å². The topological polar surface area (TPSA) is 33.1 Å². The number of nitrogens with zero attached hydrogens (tertiary/aromatic N) is 1. The maximum Gasteiger partial charge on any atom is 0.141 e. The van der Waals surface area contributed by atoms with E-state index in [0.717, 1.165) is 17.7 Å². The molecule has 1 heterocycles. The van der Waals surface area contributed by atoms with Crippen molar-refractivity contribution < 1.29 is 5.11 Å². The van der Waals surface area contributed by atoms with Gasteiger partial charge in [0.1, 0.15) is 5.75 Å². The molecule has 0 fully saturated rings. The van der Waals surface area contributed by atoms with Gasteiger partial charge in [-0.2, -0.15) is 0 Å². The van der Waals surface area contributed by atoms with E-state index in [4.69, 9.17) is 11.6 Å². The second-order valence-corrected chi connectivity index (χ2v) is 4.27. The van der Waals surface area contributed by atoms with Gasteiger partial charge in [-0.3, -0.25) is 4.98 Å². The van der Waals surface area contributed by atoms with Gasteiger partial charge in [-0.1, -0.05) is 30.3 Å². The van der Waals surface area contributed by atoms with E-state index in [1.807, 2.05) is 24.3 Å². The number of hydrogen-bond donors (Lipinski definition) is 1. The van der Waals surface area contributed by atoms with Crippen molar-refractivity contribution in [3.05, 3.63) is 58.9 Å². The van der Waals surface area contributed by atoms with Crippen molar-refractivity contribution >= 4 is 11.6 Å². The summed E-state index contributed by atoms with van der Waals surface area (Å²) in [7, 11) is 0. The number of hydrogen-bond acceptors (Lipinski definition) is 2. The Hall–Kier alpha value is -1.54. The molecule has 0 bridgehead atoms. The number of aromatic hydroxyl groups is 1. The molecule has 0 spiro atoms. The van der Waals surface area contributed by atoms with Crippen molar-refractivity contribution in [2.24, 2.45) is 0 Å². The number of rotatable bonds is 3. The summed E-state index contributed by atoms with van der Waals surface area (Å²) in [5.74, 6) is 0.508. The number of pyridine rings is 1. The van der Waals surface area contributed by atoms with E-state index in [2.05, 4.69) is 17.1 Å². The Labute approximate surface area is 106 Å². The highest BCUT2D eigenvalue weighted by Gasteiger charge is 2.08. The zero-order valence-electron chi connectivity index (χ0n) is 9.65. The predicted molar refractivity (Wildman–Crippen MR) is 69.4 cm³/mol. The van der Waals surface area contributed by atoms with E-state index in [1.54, 1.807) is 6.92 Å². The summed E-state index contributed by atoms with van der Waals surface area (Å²) < 4.78 is 0. The van der Waals surface area contributed by atoms with Crippen LogP contribution in [0, 0.1) is 6.92 Å². The first-order chi connectivity index (χ1) is 8.20. The summed E-state index contributed by atoms with van der Waals surface area (Å²) in [6.45, 7) is 1.79. The van der Waals surface area contributed by atoms with E-state index >= 15 is 0 Å². The molecule has 1 N–H and O–H groups in total. The van der Waals surface area contributed by atoms with Gasteiger partial charge in [-0.05, 0) is 18.6 Å². The molecule has 0 saturated carbocycles. The second kappa shape index (κ2) is 5.19. The lowest BCUT2D eigenvalue weighted by Gasteiger charge is -2.08. The van der Waals surface area contributed by atoms with E-state index in [9.17, 15) is 5.11 Å². The lowest BCUT2D eigenvalue weighted by atomic mass is 10.1. The number of aryl methyl sites for hydroxylation is 1. The predicted octanol–water partition coefficient (Wildman–Crippen LogP) is 3.43. The van der Waals surface area contributed by atoms with Gasteiger partial charge in [-0.25, -0.2) is 0 Å². The lowest BCUT2D eigenvalue weighted by molar-refractivity contribution is 0.462. The summed E-state index contributed by atoms with van der Waals surface area (Å²) in [5, 5.41) is 9.74. The fourth-order valence-electron chi connectivity index (χ4n) is 1.80. The smallest absolute Gasteiger partial charge is 0.141 e. The minimum Gasteiger partial charge on any atom is -0.506 e. The van der Waals surface area contributed by atoms with Crippen molar-refractivity contribution in [3.8, 4) is 5.75 Å². The van der Waals surface area contributed by atoms with Gasteiger partial charge in [-0.15, -0.1) is 11.6 Å². The van der Waals surface area contributed by atoms with Gasteiger partial charge in [0.25, 0.3) is 0 Å². The number of halogens is 1. The molecule has 1 aromatic heterocycles. The summed E-state index contributed by atoms with van der Waals surface area (Å²) in [4.78, 5) is 4.37. The van der Waals surface area contributed by atoms with Gasteiger partial charge in [0.2, 0.25) is 0 Å². The molecule has 0 amide bonds. The molecule has 0 aliphatic rings. The molecule has 2 nitrogen and oxygen atoms in total. The van der Waals surface area contributed by atoms with Crippen molar-refractivity contribution in [2.75, 3.05) is 0 Å². The molecular weight excluding hydrogens is 234 g/mol. The molecule has 0 aliphatic carbocycles. The number of alkyl halides is 1. The molecule has 0 saturated heterocycles. The fraction of sp³-hybridized carbons (Fsp3) is 0.214. The maximum absolute atomic E-state index is 9.74. The van der Waals surface area contributed by atoms with E-state index < -0.39 is 0 Å². The SMILES string of the molecule is Cc1nc(Cc2ccccc2)cc(CCl)c1O. The first-order valence-corrected chi connectivity index (χ1v) is 6.02. The van der Waals surface area contributed by atoms with Crippen LogP contribution in [0.1, 0.15) is 22.5 Å².